The molecule has 1 saturated heterocycles. The fraction of sp³-hybridized carbons (Fsp3) is 0.435. The van der Waals surface area contributed by atoms with Crippen molar-refractivity contribution in [2.75, 3.05) is 25.9 Å². The highest BCUT2D eigenvalue weighted by Gasteiger charge is 2.32. The van der Waals surface area contributed by atoms with E-state index in [9.17, 15) is 27.2 Å². The van der Waals surface area contributed by atoms with E-state index in [2.05, 4.69) is 24.7 Å². The second-order valence-electron chi connectivity index (χ2n) is 8.69. The van der Waals surface area contributed by atoms with Gasteiger partial charge < -0.3 is 20.7 Å². The van der Waals surface area contributed by atoms with E-state index in [4.69, 9.17) is 17.3 Å². The van der Waals surface area contributed by atoms with Gasteiger partial charge in [0, 0.05) is 24.3 Å². The molecular weight excluding hydrogens is 543 g/mol. The van der Waals surface area contributed by atoms with Gasteiger partial charge in [-0.2, -0.15) is 0 Å². The molecule has 12 nitrogen and oxygen atoms in total. The minimum Gasteiger partial charge on any atom is -0.465 e. The van der Waals surface area contributed by atoms with Crippen molar-refractivity contribution in [2.24, 2.45) is 0 Å². The van der Waals surface area contributed by atoms with Crippen LogP contribution in [0.2, 0.25) is 5.15 Å². The molecular formula is C23H28ClFN6O6S. The maximum absolute atomic E-state index is 13.8. The number of amides is 2. The first-order chi connectivity index (χ1) is 17.9. The van der Waals surface area contributed by atoms with Crippen molar-refractivity contribution in [1.82, 2.24) is 24.9 Å². The molecule has 0 aliphatic carbocycles. The summed E-state index contributed by atoms with van der Waals surface area (Å²) in [6.45, 7) is 1.63. The fourth-order valence-corrected chi connectivity index (χ4v) is 5.70. The summed E-state index contributed by atoms with van der Waals surface area (Å²) < 4.78 is 46.6. The number of ether oxygens (including phenoxy) is 1. The monoisotopic (exact) mass is 570 g/mol. The number of esters is 1. The number of nitrogen functional groups attached to an aromatic ring is 1. The summed E-state index contributed by atoms with van der Waals surface area (Å²) >= 11 is 6.08. The van der Waals surface area contributed by atoms with Crippen molar-refractivity contribution in [3.63, 3.8) is 0 Å². The number of rotatable bonds is 9. The Kier molecular flexibility index (Phi) is 9.57. The Morgan fingerprint density at radius 2 is 2.03 bits per heavy atom. The molecule has 3 rings (SSSR count). The van der Waals surface area contributed by atoms with Gasteiger partial charge in [0.1, 0.15) is 17.0 Å². The van der Waals surface area contributed by atoms with Crippen molar-refractivity contribution >= 4 is 45.4 Å². The van der Waals surface area contributed by atoms with Crippen molar-refractivity contribution in [1.29, 1.82) is 0 Å². The predicted molar refractivity (Wildman–Crippen MR) is 136 cm³/mol. The van der Waals surface area contributed by atoms with E-state index in [1.807, 2.05) is 0 Å². The normalized spacial score (nSPS) is 16.2. The van der Waals surface area contributed by atoms with E-state index in [0.29, 0.717) is 24.1 Å². The lowest BCUT2D eigenvalue weighted by molar-refractivity contribution is -0.136. The summed E-state index contributed by atoms with van der Waals surface area (Å²) in [5.41, 5.74) is 6.31. The van der Waals surface area contributed by atoms with E-state index in [-0.39, 0.29) is 48.3 Å². The number of benzene rings is 1. The molecule has 1 aromatic heterocycles. The summed E-state index contributed by atoms with van der Waals surface area (Å²) in [6.07, 6.45) is 1.30. The van der Waals surface area contributed by atoms with Gasteiger partial charge >= 0.3 is 5.97 Å². The number of anilines is 1. The quantitative estimate of drug-likeness (QED) is 0.294. The molecule has 1 aromatic carbocycles. The first kappa shape index (κ1) is 29.2. The maximum atomic E-state index is 13.8. The van der Waals surface area contributed by atoms with E-state index in [1.165, 1.54) is 4.90 Å². The van der Waals surface area contributed by atoms with Crippen LogP contribution >= 0.6 is 11.6 Å². The second kappa shape index (κ2) is 12.5. The molecule has 1 atom stereocenters. The van der Waals surface area contributed by atoms with Crippen LogP contribution in [0.4, 0.5) is 10.3 Å². The maximum Gasteiger partial charge on any atom is 0.338 e. The number of likely N-dealkylation sites (tertiary alicyclic amines) is 1. The number of aryl methyl sites for hydroxylation is 1. The Morgan fingerprint density at radius 3 is 2.71 bits per heavy atom. The van der Waals surface area contributed by atoms with Crippen LogP contribution in [0.3, 0.4) is 0 Å². The van der Waals surface area contributed by atoms with E-state index >= 15 is 0 Å². The minimum absolute atomic E-state index is 0.00477. The molecule has 0 radical (unpaired) electrons. The van der Waals surface area contributed by atoms with Gasteiger partial charge in [0.2, 0.25) is 27.8 Å². The lowest BCUT2D eigenvalue weighted by atomic mass is 10.1. The lowest BCUT2D eigenvalue weighted by Gasteiger charge is -2.24. The van der Waals surface area contributed by atoms with Crippen LogP contribution in [0.25, 0.3) is 0 Å². The molecule has 38 heavy (non-hydrogen) atoms. The minimum atomic E-state index is -4.19. The number of halogens is 2. The van der Waals surface area contributed by atoms with Gasteiger partial charge in [-0.15, -0.1) is 0 Å². The molecule has 2 heterocycles. The number of aromatic nitrogens is 2. The van der Waals surface area contributed by atoms with Crippen LogP contribution in [-0.4, -0.2) is 67.3 Å². The second-order valence-corrected chi connectivity index (χ2v) is 10.8. The van der Waals surface area contributed by atoms with Gasteiger partial charge in [0.25, 0.3) is 0 Å². The van der Waals surface area contributed by atoms with Crippen molar-refractivity contribution < 1.29 is 31.9 Å². The molecule has 4 N–H and O–H groups in total. The summed E-state index contributed by atoms with van der Waals surface area (Å²) in [7, 11) is -3.07. The number of hydrogen-bond donors (Lipinski definition) is 3. The molecule has 0 bridgehead atoms. The van der Waals surface area contributed by atoms with Crippen molar-refractivity contribution in [2.45, 2.75) is 44.5 Å². The Labute approximate surface area is 224 Å². The summed E-state index contributed by atoms with van der Waals surface area (Å²) in [5.74, 6) is -3.35. The van der Waals surface area contributed by atoms with Crippen LogP contribution in [0.5, 0.6) is 0 Å². The smallest absolute Gasteiger partial charge is 0.338 e. The summed E-state index contributed by atoms with van der Waals surface area (Å²) in [5, 5.41) is 2.76. The highest BCUT2D eigenvalue weighted by Crippen LogP contribution is 2.19. The molecule has 206 valence electrons. The molecule has 1 aliphatic rings. The lowest BCUT2D eigenvalue weighted by Crippen LogP contribution is -2.50. The van der Waals surface area contributed by atoms with Gasteiger partial charge in [0.05, 0.1) is 25.0 Å². The van der Waals surface area contributed by atoms with Gasteiger partial charge in [-0.05, 0) is 49.9 Å². The topological polar surface area (TPSA) is 174 Å². The predicted octanol–water partition coefficient (Wildman–Crippen LogP) is 1.06. The van der Waals surface area contributed by atoms with Crippen LogP contribution < -0.4 is 15.8 Å². The Balaban J connectivity index is 1.67. The Morgan fingerprint density at radius 1 is 1.29 bits per heavy atom. The van der Waals surface area contributed by atoms with Gasteiger partial charge in [-0.3, -0.25) is 9.59 Å². The zero-order chi connectivity index (χ0) is 28.0. The number of sulfonamides is 1. The number of nitrogens with two attached hydrogens (primary N) is 1. The van der Waals surface area contributed by atoms with Gasteiger partial charge in [-0.1, -0.05) is 11.6 Å². The Hall–Kier alpha value is -3.36. The number of carbonyl (C=O) groups excluding carboxylic acids is 3. The molecule has 0 saturated carbocycles. The number of nitrogens with zero attached hydrogens (tertiary/aromatic N) is 3. The SMILES string of the molecule is COC(=O)c1ccc(F)cc1CS(=O)(=O)N[C@H]1CCCCN(CC(=O)NCc2c(C)nc(N)nc2Cl)C1=O. The number of methoxy groups -OCH3 is 1. The molecule has 0 spiro atoms. The van der Waals surface area contributed by atoms with Crippen LogP contribution in [0.1, 0.15) is 46.4 Å². The van der Waals surface area contributed by atoms with Crippen LogP contribution in [0.15, 0.2) is 18.2 Å². The average molecular weight is 571 g/mol. The zero-order valence-electron chi connectivity index (χ0n) is 20.8. The molecule has 2 amide bonds. The third kappa shape index (κ3) is 7.58. The summed E-state index contributed by atoms with van der Waals surface area (Å²) in [6, 6.07) is 1.95. The zero-order valence-corrected chi connectivity index (χ0v) is 22.4. The van der Waals surface area contributed by atoms with Gasteiger partial charge in [0.15, 0.2) is 0 Å². The number of nitrogens with one attached hydrogen (secondary N) is 2. The molecule has 15 heteroatoms. The number of hydrogen-bond acceptors (Lipinski definition) is 9. The van der Waals surface area contributed by atoms with Gasteiger partial charge in [-0.25, -0.2) is 32.3 Å². The average Bonchev–Trinajstić information content (AvgIpc) is 2.98. The molecule has 1 aliphatic heterocycles. The third-order valence-electron chi connectivity index (χ3n) is 5.90. The molecule has 0 unspecified atom stereocenters. The first-order valence-electron chi connectivity index (χ1n) is 11.6. The van der Waals surface area contributed by atoms with E-state index in [0.717, 1.165) is 25.3 Å². The third-order valence-corrected chi connectivity index (χ3v) is 7.55. The first-order valence-corrected chi connectivity index (χ1v) is 13.6. The number of carbonyl (C=O) groups is 3. The molecule has 2 aromatic rings. The van der Waals surface area contributed by atoms with Crippen molar-refractivity contribution in [3.8, 4) is 0 Å². The van der Waals surface area contributed by atoms with E-state index in [1.54, 1.807) is 6.92 Å². The van der Waals surface area contributed by atoms with Crippen LogP contribution in [0, 0.1) is 12.7 Å². The summed E-state index contributed by atoms with van der Waals surface area (Å²) in [4.78, 5) is 46.8. The van der Waals surface area contributed by atoms with Crippen molar-refractivity contribution in [3.05, 3.63) is 51.6 Å². The highest BCUT2D eigenvalue weighted by molar-refractivity contribution is 7.88. The fourth-order valence-electron chi connectivity index (χ4n) is 4.02. The standard InChI is InChI=1S/C23H28ClFN6O6S/c1-13-17(20(24)29-23(26)28-13)10-27-19(32)11-31-8-4-3-5-18(21(31)33)30-38(35,36)12-14-9-15(25)6-7-16(14)22(34)37-2/h6-7,9,18,30H,3-5,8,10-12H2,1-2H3,(H,27,32)(H2,26,28,29)/t18-/m0/s1. The van der Waals surface area contributed by atoms with E-state index < -0.39 is 45.4 Å². The van der Waals surface area contributed by atoms with Crippen LogP contribution in [-0.2, 0) is 36.6 Å². The highest BCUT2D eigenvalue weighted by atomic mass is 35.5. The largest absolute Gasteiger partial charge is 0.465 e. The Bertz CT molecular complexity index is 1320. The molecule has 1 fully saturated rings.